The van der Waals surface area contributed by atoms with Crippen molar-refractivity contribution in [3.05, 3.63) is 34.9 Å². The van der Waals surface area contributed by atoms with Gasteiger partial charge in [0.05, 0.1) is 5.60 Å². The molecule has 1 saturated heterocycles. The number of ether oxygens (including phenoxy) is 1. The van der Waals surface area contributed by atoms with E-state index in [-0.39, 0.29) is 11.5 Å². The Labute approximate surface area is 167 Å². The Morgan fingerprint density at radius 2 is 1.93 bits per heavy atom. The van der Waals surface area contributed by atoms with E-state index in [1.807, 2.05) is 44.7 Å². The fourth-order valence-corrected chi connectivity index (χ4v) is 4.86. The third-order valence-corrected chi connectivity index (χ3v) is 6.48. The molecular weight excluding hydrogens is 362 g/mol. The van der Waals surface area contributed by atoms with Gasteiger partial charge >= 0.3 is 6.09 Å². The molecule has 0 bridgehead atoms. The first-order valence-corrected chi connectivity index (χ1v) is 10.3. The molecule has 3 rings (SSSR count). The number of rotatable bonds is 2. The van der Waals surface area contributed by atoms with Crippen molar-refractivity contribution in [1.82, 2.24) is 4.90 Å². The Morgan fingerprint density at radius 1 is 1.26 bits per heavy atom. The summed E-state index contributed by atoms with van der Waals surface area (Å²) in [6.45, 7) is 9.04. The summed E-state index contributed by atoms with van der Waals surface area (Å²) < 4.78 is 5.57. The van der Waals surface area contributed by atoms with Crippen molar-refractivity contribution >= 4 is 17.7 Å². The average molecular weight is 394 g/mol. The summed E-state index contributed by atoms with van der Waals surface area (Å²) in [5.74, 6) is 0.347. The highest BCUT2D eigenvalue weighted by atomic mass is 35.5. The van der Waals surface area contributed by atoms with Crippen LogP contribution in [0.25, 0.3) is 0 Å². The van der Waals surface area contributed by atoms with Gasteiger partial charge in [0, 0.05) is 23.5 Å². The van der Waals surface area contributed by atoms with E-state index in [1.54, 1.807) is 0 Å². The van der Waals surface area contributed by atoms with Gasteiger partial charge in [-0.3, -0.25) is 0 Å². The molecule has 1 aromatic rings. The van der Waals surface area contributed by atoms with E-state index in [2.05, 4.69) is 12.1 Å². The molecule has 0 unspecified atom stereocenters. The number of benzene rings is 1. The Kier molecular flexibility index (Phi) is 5.53. The van der Waals surface area contributed by atoms with Crippen LogP contribution in [0.1, 0.15) is 65.4 Å². The third-order valence-electron chi connectivity index (χ3n) is 6.24. The first-order chi connectivity index (χ1) is 12.5. The lowest BCUT2D eigenvalue weighted by Crippen LogP contribution is -2.45. The molecule has 4 nitrogen and oxygen atoms in total. The Balaban J connectivity index is 1.84. The summed E-state index contributed by atoms with van der Waals surface area (Å²) in [6.07, 6.45) is 4.08. The first-order valence-electron chi connectivity index (χ1n) is 9.97. The van der Waals surface area contributed by atoms with Gasteiger partial charge in [0.2, 0.25) is 0 Å². The van der Waals surface area contributed by atoms with Crippen molar-refractivity contribution in [2.45, 2.75) is 76.4 Å². The van der Waals surface area contributed by atoms with Gasteiger partial charge < -0.3 is 14.7 Å². The molecule has 2 aliphatic rings. The molecule has 1 N–H and O–H groups in total. The smallest absolute Gasteiger partial charge is 0.410 e. The SMILES string of the molecule is CC1(O)CCC(c2cccc(Cl)c2)([C@@H]2CCN(C(=O)OC(C)(C)C)C2)CC1. The summed E-state index contributed by atoms with van der Waals surface area (Å²) in [7, 11) is 0. The second-order valence-corrected chi connectivity index (χ2v) is 10.0. The van der Waals surface area contributed by atoms with Gasteiger partial charge in [-0.05, 0) is 83.4 Å². The lowest BCUT2D eigenvalue weighted by atomic mass is 9.59. The molecule has 2 fully saturated rings. The number of carbonyl (C=O) groups excluding carboxylic acids is 1. The topological polar surface area (TPSA) is 49.8 Å². The first kappa shape index (κ1) is 20.5. The van der Waals surface area contributed by atoms with Crippen LogP contribution in [0.5, 0.6) is 0 Å². The van der Waals surface area contributed by atoms with E-state index in [4.69, 9.17) is 16.3 Å². The van der Waals surface area contributed by atoms with Gasteiger partial charge in [0.1, 0.15) is 5.60 Å². The Hall–Kier alpha value is -1.26. The van der Waals surface area contributed by atoms with Crippen LogP contribution in [-0.4, -0.2) is 40.4 Å². The Morgan fingerprint density at radius 3 is 2.52 bits per heavy atom. The van der Waals surface area contributed by atoms with Crippen molar-refractivity contribution in [2.75, 3.05) is 13.1 Å². The predicted octanol–water partition coefficient (Wildman–Crippen LogP) is 5.16. The molecule has 0 radical (unpaired) electrons. The Bertz CT molecular complexity index is 685. The second kappa shape index (κ2) is 7.29. The van der Waals surface area contributed by atoms with Crippen molar-refractivity contribution in [3.8, 4) is 0 Å². The third kappa shape index (κ3) is 4.60. The number of amides is 1. The molecule has 1 amide bonds. The average Bonchev–Trinajstić information content (AvgIpc) is 3.04. The molecule has 1 aliphatic heterocycles. The molecule has 27 heavy (non-hydrogen) atoms. The lowest BCUT2D eigenvalue weighted by Gasteiger charge is -2.47. The highest BCUT2D eigenvalue weighted by Gasteiger charge is 2.48. The molecule has 1 heterocycles. The van der Waals surface area contributed by atoms with Gasteiger partial charge in [-0.25, -0.2) is 4.79 Å². The minimum atomic E-state index is -0.606. The van der Waals surface area contributed by atoms with Gasteiger partial charge in [0.15, 0.2) is 0 Å². The molecular formula is C22H32ClNO3. The number of hydrogen-bond donors (Lipinski definition) is 1. The largest absolute Gasteiger partial charge is 0.444 e. The van der Waals surface area contributed by atoms with Crippen molar-refractivity contribution in [2.24, 2.45) is 5.92 Å². The highest BCUT2D eigenvalue weighted by Crippen LogP contribution is 2.50. The summed E-state index contributed by atoms with van der Waals surface area (Å²) in [5, 5.41) is 11.3. The molecule has 0 aromatic heterocycles. The number of carbonyl (C=O) groups is 1. The summed E-state index contributed by atoms with van der Waals surface area (Å²) in [5.41, 5.74) is 0.0974. The molecule has 5 heteroatoms. The lowest BCUT2D eigenvalue weighted by molar-refractivity contribution is -0.0125. The number of hydrogen-bond acceptors (Lipinski definition) is 3. The van der Waals surface area contributed by atoms with Crippen LogP contribution in [0.3, 0.4) is 0 Å². The van der Waals surface area contributed by atoms with Crippen LogP contribution in [0.4, 0.5) is 4.79 Å². The van der Waals surface area contributed by atoms with E-state index in [1.165, 1.54) is 5.56 Å². The summed E-state index contributed by atoms with van der Waals surface area (Å²) in [4.78, 5) is 14.4. The van der Waals surface area contributed by atoms with Crippen LogP contribution in [0.15, 0.2) is 24.3 Å². The summed E-state index contributed by atoms with van der Waals surface area (Å²) >= 11 is 6.31. The fraction of sp³-hybridized carbons (Fsp3) is 0.682. The fourth-order valence-electron chi connectivity index (χ4n) is 4.67. The molecule has 1 saturated carbocycles. The number of nitrogens with zero attached hydrogens (tertiary/aromatic N) is 1. The zero-order valence-corrected chi connectivity index (χ0v) is 17.7. The minimum Gasteiger partial charge on any atom is -0.444 e. The molecule has 1 aromatic carbocycles. The quantitative estimate of drug-likeness (QED) is 0.754. The second-order valence-electron chi connectivity index (χ2n) is 9.58. The molecule has 150 valence electrons. The highest BCUT2D eigenvalue weighted by molar-refractivity contribution is 6.30. The van der Waals surface area contributed by atoms with Gasteiger partial charge in [0.25, 0.3) is 0 Å². The number of aliphatic hydroxyl groups is 1. The maximum absolute atomic E-state index is 12.5. The summed E-state index contributed by atoms with van der Waals surface area (Å²) in [6, 6.07) is 8.13. The van der Waals surface area contributed by atoms with Gasteiger partial charge in [-0.2, -0.15) is 0 Å². The molecule has 1 aliphatic carbocycles. The van der Waals surface area contributed by atoms with Gasteiger partial charge in [-0.15, -0.1) is 0 Å². The number of likely N-dealkylation sites (tertiary alicyclic amines) is 1. The van der Waals surface area contributed by atoms with Crippen LogP contribution in [0, 0.1) is 5.92 Å². The number of halogens is 1. The van der Waals surface area contributed by atoms with Gasteiger partial charge in [-0.1, -0.05) is 23.7 Å². The van der Waals surface area contributed by atoms with E-state index >= 15 is 0 Å². The van der Waals surface area contributed by atoms with Crippen LogP contribution < -0.4 is 0 Å². The minimum absolute atomic E-state index is 0.0517. The standard InChI is InChI=1S/C22H32ClNO3/c1-20(2,3)27-19(25)24-13-8-17(15-24)22(11-9-21(4,26)10-12-22)16-6-5-7-18(23)14-16/h5-7,14,17,26H,8-13,15H2,1-4H3/t17-,21?,22?/m1/s1. The maximum atomic E-state index is 12.5. The predicted molar refractivity (Wildman–Crippen MR) is 108 cm³/mol. The van der Waals surface area contributed by atoms with Crippen molar-refractivity contribution < 1.29 is 14.6 Å². The van der Waals surface area contributed by atoms with Crippen LogP contribution >= 0.6 is 11.6 Å². The normalized spacial score (nSPS) is 31.8. The van der Waals surface area contributed by atoms with Crippen LogP contribution in [0.2, 0.25) is 5.02 Å². The molecule has 1 atom stereocenters. The van der Waals surface area contributed by atoms with E-state index in [9.17, 15) is 9.90 Å². The van der Waals surface area contributed by atoms with E-state index < -0.39 is 11.2 Å². The van der Waals surface area contributed by atoms with Crippen molar-refractivity contribution in [1.29, 1.82) is 0 Å². The van der Waals surface area contributed by atoms with E-state index in [0.717, 1.165) is 43.7 Å². The zero-order valence-electron chi connectivity index (χ0n) is 16.9. The van der Waals surface area contributed by atoms with Crippen LogP contribution in [-0.2, 0) is 10.2 Å². The zero-order chi connectivity index (χ0) is 19.9. The maximum Gasteiger partial charge on any atom is 0.410 e. The van der Waals surface area contributed by atoms with Crippen molar-refractivity contribution in [3.63, 3.8) is 0 Å². The molecule has 0 spiro atoms. The van der Waals surface area contributed by atoms with E-state index in [0.29, 0.717) is 12.5 Å². The monoisotopic (exact) mass is 393 g/mol.